The fourth-order valence-corrected chi connectivity index (χ4v) is 1.56. The van der Waals surface area contributed by atoms with Crippen molar-refractivity contribution in [1.29, 1.82) is 0 Å². The third-order valence-electron chi connectivity index (χ3n) is 2.26. The van der Waals surface area contributed by atoms with Gasteiger partial charge >= 0.3 is 0 Å². The Morgan fingerprint density at radius 3 is 2.57 bits per heavy atom. The van der Waals surface area contributed by atoms with Crippen LogP contribution in [0.25, 0.3) is 0 Å². The van der Waals surface area contributed by atoms with E-state index in [1.807, 2.05) is 26.0 Å². The Morgan fingerprint density at radius 1 is 1.36 bits per heavy atom. The van der Waals surface area contributed by atoms with Gasteiger partial charge in [-0.1, -0.05) is 32.0 Å². The van der Waals surface area contributed by atoms with Gasteiger partial charge in [-0.05, 0) is 11.6 Å². The summed E-state index contributed by atoms with van der Waals surface area (Å²) in [7, 11) is 0. The summed E-state index contributed by atoms with van der Waals surface area (Å²) in [5.74, 6) is -0.158. The van der Waals surface area contributed by atoms with Crippen molar-refractivity contribution in [3.63, 3.8) is 0 Å². The fraction of sp³-hybridized carbons (Fsp3) is 0.455. The molecule has 0 aliphatic rings. The molecule has 0 aromatic heterocycles. The summed E-state index contributed by atoms with van der Waals surface area (Å²) in [6.07, 6.45) is 0. The lowest BCUT2D eigenvalue weighted by Gasteiger charge is -2.25. The first kappa shape index (κ1) is 11.5. The van der Waals surface area contributed by atoms with Crippen molar-refractivity contribution in [3.8, 4) is 0 Å². The first-order valence-corrected chi connectivity index (χ1v) is 5.13. The monoisotopic (exact) mass is 215 g/mol. The molecule has 1 N–H and O–H groups in total. The smallest absolute Gasteiger partial charge is 0.126 e. The second-order valence-electron chi connectivity index (χ2n) is 3.92. The summed E-state index contributed by atoms with van der Waals surface area (Å²) < 4.78 is 13.5. The topological polar surface area (TPSA) is 12.0 Å². The van der Waals surface area contributed by atoms with Gasteiger partial charge in [-0.3, -0.25) is 0 Å². The Bertz CT molecular complexity index is 299. The number of hydrogen-bond donors (Lipinski definition) is 1. The van der Waals surface area contributed by atoms with Crippen LogP contribution in [0.1, 0.15) is 19.4 Å². The Balaban J connectivity index is 2.86. The number of benzene rings is 1. The molecule has 0 saturated heterocycles. The number of hydrogen-bond acceptors (Lipinski definition) is 1. The summed E-state index contributed by atoms with van der Waals surface area (Å²) in [6.45, 7) is 4.65. The van der Waals surface area contributed by atoms with Gasteiger partial charge in [-0.2, -0.15) is 0 Å². The van der Waals surface area contributed by atoms with Gasteiger partial charge in [-0.15, -0.1) is 11.6 Å². The molecule has 1 aromatic rings. The minimum absolute atomic E-state index is 0.158. The molecular weight excluding hydrogens is 201 g/mol. The summed E-state index contributed by atoms with van der Waals surface area (Å²) in [6, 6.07) is 7.23. The van der Waals surface area contributed by atoms with E-state index in [4.69, 9.17) is 11.6 Å². The zero-order chi connectivity index (χ0) is 10.6. The van der Waals surface area contributed by atoms with Crippen molar-refractivity contribution in [1.82, 2.24) is 5.32 Å². The molecule has 1 aromatic carbocycles. The van der Waals surface area contributed by atoms with E-state index in [9.17, 15) is 4.39 Å². The predicted molar refractivity (Wildman–Crippen MR) is 58.1 cm³/mol. The SMILES string of the molecule is CC(C)(CNCCl)c1ccccc1F. The number of nitrogens with one attached hydrogen (secondary N) is 1. The van der Waals surface area contributed by atoms with Gasteiger partial charge in [0, 0.05) is 12.0 Å². The van der Waals surface area contributed by atoms with Gasteiger partial charge in [0.05, 0.1) is 6.00 Å². The molecule has 0 bridgehead atoms. The molecule has 0 fully saturated rings. The molecular formula is C11H15ClFN. The van der Waals surface area contributed by atoms with Crippen LogP contribution >= 0.6 is 11.6 Å². The summed E-state index contributed by atoms with van der Waals surface area (Å²) in [5.41, 5.74) is 0.484. The first-order chi connectivity index (χ1) is 6.58. The van der Waals surface area contributed by atoms with Gasteiger partial charge in [0.1, 0.15) is 5.82 Å². The van der Waals surface area contributed by atoms with Crippen LogP contribution in [0.3, 0.4) is 0 Å². The lowest BCUT2D eigenvalue weighted by Crippen LogP contribution is -2.33. The van der Waals surface area contributed by atoms with Crippen LogP contribution in [0, 0.1) is 5.82 Å². The number of halogens is 2. The Hall–Kier alpha value is -0.600. The van der Waals surface area contributed by atoms with E-state index in [0.717, 1.165) is 5.56 Å². The predicted octanol–water partition coefficient (Wildman–Crippen LogP) is 2.89. The third kappa shape index (κ3) is 2.69. The van der Waals surface area contributed by atoms with E-state index < -0.39 is 0 Å². The number of rotatable bonds is 4. The lowest BCUT2D eigenvalue weighted by molar-refractivity contribution is 0.459. The molecule has 0 aliphatic heterocycles. The molecule has 0 spiro atoms. The van der Waals surface area contributed by atoms with Crippen LogP contribution in [0.2, 0.25) is 0 Å². The third-order valence-corrected chi connectivity index (χ3v) is 2.45. The van der Waals surface area contributed by atoms with Gasteiger partial charge < -0.3 is 5.32 Å². The van der Waals surface area contributed by atoms with E-state index in [1.165, 1.54) is 6.07 Å². The van der Waals surface area contributed by atoms with E-state index >= 15 is 0 Å². The van der Waals surface area contributed by atoms with Crippen LogP contribution in [-0.2, 0) is 5.41 Å². The quantitative estimate of drug-likeness (QED) is 0.602. The van der Waals surface area contributed by atoms with E-state index in [1.54, 1.807) is 6.07 Å². The molecule has 0 atom stereocenters. The van der Waals surface area contributed by atoms with E-state index in [0.29, 0.717) is 12.5 Å². The molecule has 14 heavy (non-hydrogen) atoms. The summed E-state index contributed by atoms with van der Waals surface area (Å²) >= 11 is 5.53. The highest BCUT2D eigenvalue weighted by Gasteiger charge is 2.22. The second-order valence-corrected chi connectivity index (χ2v) is 4.19. The molecule has 78 valence electrons. The molecule has 0 heterocycles. The van der Waals surface area contributed by atoms with Crippen molar-refractivity contribution in [2.75, 3.05) is 12.5 Å². The van der Waals surface area contributed by atoms with Crippen molar-refractivity contribution in [3.05, 3.63) is 35.6 Å². The van der Waals surface area contributed by atoms with Crippen LogP contribution in [0.4, 0.5) is 4.39 Å². The molecule has 1 nitrogen and oxygen atoms in total. The summed E-state index contributed by atoms with van der Waals surface area (Å²) in [5, 5.41) is 3.01. The lowest BCUT2D eigenvalue weighted by atomic mass is 9.84. The zero-order valence-electron chi connectivity index (χ0n) is 8.48. The number of alkyl halides is 1. The average molecular weight is 216 g/mol. The maximum absolute atomic E-state index is 13.5. The molecule has 0 unspecified atom stereocenters. The maximum Gasteiger partial charge on any atom is 0.126 e. The van der Waals surface area contributed by atoms with E-state index in [-0.39, 0.29) is 11.2 Å². The highest BCUT2D eigenvalue weighted by Crippen LogP contribution is 2.24. The Labute approximate surface area is 89.3 Å². The van der Waals surface area contributed by atoms with Gasteiger partial charge in [-0.25, -0.2) is 4.39 Å². The Kier molecular flexibility index (Phi) is 3.90. The van der Waals surface area contributed by atoms with Crippen LogP contribution in [0.5, 0.6) is 0 Å². The fourth-order valence-electron chi connectivity index (χ4n) is 1.47. The highest BCUT2D eigenvalue weighted by molar-refractivity contribution is 6.17. The largest absolute Gasteiger partial charge is 0.303 e. The van der Waals surface area contributed by atoms with Crippen LogP contribution < -0.4 is 5.32 Å². The van der Waals surface area contributed by atoms with E-state index in [2.05, 4.69) is 5.32 Å². The minimum Gasteiger partial charge on any atom is -0.303 e. The summed E-state index contributed by atoms with van der Waals surface area (Å²) in [4.78, 5) is 0. The van der Waals surface area contributed by atoms with Crippen molar-refractivity contribution < 1.29 is 4.39 Å². The normalized spacial score (nSPS) is 11.7. The van der Waals surface area contributed by atoms with Crippen LogP contribution in [0.15, 0.2) is 24.3 Å². The second kappa shape index (κ2) is 4.76. The molecule has 0 amide bonds. The highest BCUT2D eigenvalue weighted by atomic mass is 35.5. The first-order valence-electron chi connectivity index (χ1n) is 4.59. The molecule has 0 radical (unpaired) electrons. The van der Waals surface area contributed by atoms with Gasteiger partial charge in [0.25, 0.3) is 0 Å². The van der Waals surface area contributed by atoms with Gasteiger partial charge in [0.15, 0.2) is 0 Å². The zero-order valence-corrected chi connectivity index (χ0v) is 9.24. The van der Waals surface area contributed by atoms with Crippen LogP contribution in [-0.4, -0.2) is 12.5 Å². The van der Waals surface area contributed by atoms with Crippen molar-refractivity contribution >= 4 is 11.6 Å². The average Bonchev–Trinajstić information content (AvgIpc) is 2.15. The standard InChI is InChI=1S/C11H15ClFN/c1-11(2,7-14-8-12)9-5-3-4-6-10(9)13/h3-6,14H,7-8H2,1-2H3. The molecule has 0 saturated carbocycles. The maximum atomic E-state index is 13.5. The molecule has 1 rings (SSSR count). The minimum atomic E-state index is -0.236. The van der Waals surface area contributed by atoms with Crippen molar-refractivity contribution in [2.24, 2.45) is 0 Å². The molecule has 0 aliphatic carbocycles. The van der Waals surface area contributed by atoms with Crippen molar-refractivity contribution in [2.45, 2.75) is 19.3 Å². The molecule has 3 heteroatoms. The van der Waals surface area contributed by atoms with Gasteiger partial charge in [0.2, 0.25) is 0 Å². The Morgan fingerprint density at radius 2 is 2.00 bits per heavy atom.